The normalized spacial score (nSPS) is 17.7. The number of rotatable bonds is 7. The summed E-state index contributed by atoms with van der Waals surface area (Å²) in [6.07, 6.45) is 1.78. The van der Waals surface area contributed by atoms with Crippen molar-refractivity contribution >= 4 is 23.7 Å². The summed E-state index contributed by atoms with van der Waals surface area (Å²) in [5.41, 5.74) is 3.18. The van der Waals surface area contributed by atoms with Gasteiger partial charge in [0, 0.05) is 25.3 Å². The van der Waals surface area contributed by atoms with E-state index < -0.39 is 0 Å². The first-order chi connectivity index (χ1) is 14.1. The lowest BCUT2D eigenvalue weighted by atomic mass is 10.1. The number of carbonyl (C=O) groups is 1. The zero-order valence-electron chi connectivity index (χ0n) is 17.6. The molecule has 0 bridgehead atoms. The molecule has 0 aliphatic carbocycles. The third-order valence-corrected chi connectivity index (χ3v) is 5.11. The molecule has 2 aromatic carbocycles. The van der Waals surface area contributed by atoms with Gasteiger partial charge >= 0.3 is 6.02 Å². The van der Waals surface area contributed by atoms with E-state index in [0.717, 1.165) is 24.2 Å². The SMILES string of the molecule is CCN1C(=O)/C(=C\c2ccc(N(CC)CC)cc2)O/C1=N/C(C)c1ccccc1. The summed E-state index contributed by atoms with van der Waals surface area (Å²) in [6.45, 7) is 10.6. The lowest BCUT2D eigenvalue weighted by Crippen LogP contribution is -2.29. The average molecular weight is 392 g/mol. The van der Waals surface area contributed by atoms with Gasteiger partial charge in [-0.1, -0.05) is 42.5 Å². The Bertz CT molecular complexity index is 884. The fraction of sp³-hybridized carbons (Fsp3) is 0.333. The Hall–Kier alpha value is -3.08. The van der Waals surface area contributed by atoms with E-state index in [4.69, 9.17) is 4.74 Å². The molecule has 0 spiro atoms. The number of amides is 1. The molecular weight excluding hydrogens is 362 g/mol. The lowest BCUT2D eigenvalue weighted by Gasteiger charge is -2.20. The van der Waals surface area contributed by atoms with Crippen molar-refractivity contribution in [3.63, 3.8) is 0 Å². The van der Waals surface area contributed by atoms with E-state index in [-0.39, 0.29) is 11.9 Å². The Kier molecular flexibility index (Phi) is 6.70. The van der Waals surface area contributed by atoms with E-state index in [1.54, 1.807) is 11.0 Å². The topological polar surface area (TPSA) is 45.1 Å². The number of hydrogen-bond donors (Lipinski definition) is 0. The standard InChI is InChI=1S/C24H29N3O2/c1-5-26(6-2)21-15-13-19(14-16-21)17-22-23(28)27(7-3)24(29-22)25-18(4)20-11-9-8-10-12-20/h8-18H,5-7H2,1-4H3/b22-17+,25-24+. The Labute approximate surface area is 173 Å². The van der Waals surface area contributed by atoms with Gasteiger partial charge in [-0.2, -0.15) is 0 Å². The fourth-order valence-electron chi connectivity index (χ4n) is 3.38. The molecule has 152 valence electrons. The summed E-state index contributed by atoms with van der Waals surface area (Å²) < 4.78 is 5.87. The quantitative estimate of drug-likeness (QED) is 0.633. The molecule has 0 radical (unpaired) electrons. The van der Waals surface area contributed by atoms with Crippen molar-refractivity contribution in [2.75, 3.05) is 24.5 Å². The maximum absolute atomic E-state index is 12.8. The second-order valence-corrected chi connectivity index (χ2v) is 6.92. The van der Waals surface area contributed by atoms with E-state index in [9.17, 15) is 4.79 Å². The summed E-state index contributed by atoms with van der Waals surface area (Å²) in [6, 6.07) is 18.4. The number of aliphatic imine (C=N–C) groups is 1. The molecule has 1 unspecified atom stereocenters. The zero-order chi connectivity index (χ0) is 20.8. The lowest BCUT2D eigenvalue weighted by molar-refractivity contribution is -0.122. The molecule has 0 N–H and O–H groups in total. The number of benzene rings is 2. The van der Waals surface area contributed by atoms with Gasteiger partial charge in [-0.15, -0.1) is 0 Å². The van der Waals surface area contributed by atoms with Gasteiger partial charge in [-0.25, -0.2) is 4.99 Å². The Morgan fingerprint density at radius 2 is 1.69 bits per heavy atom. The van der Waals surface area contributed by atoms with Crippen molar-refractivity contribution in [1.82, 2.24) is 4.90 Å². The average Bonchev–Trinajstić information content (AvgIpc) is 3.04. The highest BCUT2D eigenvalue weighted by Crippen LogP contribution is 2.24. The summed E-state index contributed by atoms with van der Waals surface area (Å²) in [7, 11) is 0. The molecule has 1 atom stereocenters. The molecule has 1 aliphatic heterocycles. The zero-order valence-corrected chi connectivity index (χ0v) is 17.6. The molecule has 5 heteroatoms. The van der Waals surface area contributed by atoms with Gasteiger partial charge in [0.1, 0.15) is 0 Å². The predicted octanol–water partition coefficient (Wildman–Crippen LogP) is 4.87. The molecule has 0 saturated carbocycles. The van der Waals surface area contributed by atoms with Gasteiger partial charge in [0.2, 0.25) is 0 Å². The monoisotopic (exact) mass is 391 g/mol. The van der Waals surface area contributed by atoms with Gasteiger partial charge in [0.05, 0.1) is 6.04 Å². The van der Waals surface area contributed by atoms with Crippen LogP contribution in [0, 0.1) is 0 Å². The summed E-state index contributed by atoms with van der Waals surface area (Å²) in [5, 5.41) is 0. The van der Waals surface area contributed by atoms with E-state index in [2.05, 4.69) is 35.9 Å². The maximum atomic E-state index is 12.8. The molecule has 1 fully saturated rings. The number of likely N-dealkylation sites (N-methyl/N-ethyl adjacent to an activating group) is 1. The summed E-state index contributed by atoms with van der Waals surface area (Å²) in [4.78, 5) is 21.3. The van der Waals surface area contributed by atoms with Crippen LogP contribution in [-0.4, -0.2) is 36.5 Å². The largest absolute Gasteiger partial charge is 0.420 e. The second kappa shape index (κ2) is 9.41. The van der Waals surface area contributed by atoms with Crippen molar-refractivity contribution in [2.24, 2.45) is 4.99 Å². The fourth-order valence-corrected chi connectivity index (χ4v) is 3.38. The number of anilines is 1. The predicted molar refractivity (Wildman–Crippen MR) is 119 cm³/mol. The van der Waals surface area contributed by atoms with Crippen LogP contribution in [0.3, 0.4) is 0 Å². The van der Waals surface area contributed by atoms with Crippen LogP contribution in [0.15, 0.2) is 65.3 Å². The van der Waals surface area contributed by atoms with Crippen LogP contribution in [0.4, 0.5) is 5.69 Å². The number of hydrogen-bond acceptors (Lipinski definition) is 4. The van der Waals surface area contributed by atoms with Crippen LogP contribution in [-0.2, 0) is 9.53 Å². The molecular formula is C24H29N3O2. The molecule has 2 aromatic rings. The van der Waals surface area contributed by atoms with Crippen molar-refractivity contribution in [2.45, 2.75) is 33.7 Å². The van der Waals surface area contributed by atoms with Crippen molar-refractivity contribution in [3.8, 4) is 0 Å². The van der Waals surface area contributed by atoms with Crippen molar-refractivity contribution in [1.29, 1.82) is 0 Å². The molecule has 5 nitrogen and oxygen atoms in total. The highest BCUT2D eigenvalue weighted by atomic mass is 16.5. The van der Waals surface area contributed by atoms with Gasteiger partial charge in [0.15, 0.2) is 5.76 Å². The first-order valence-corrected chi connectivity index (χ1v) is 10.3. The Morgan fingerprint density at radius 3 is 2.28 bits per heavy atom. The highest BCUT2D eigenvalue weighted by molar-refractivity contribution is 6.11. The van der Waals surface area contributed by atoms with E-state index in [0.29, 0.717) is 18.3 Å². The van der Waals surface area contributed by atoms with Crippen LogP contribution in [0.5, 0.6) is 0 Å². The molecule has 1 amide bonds. The Morgan fingerprint density at radius 1 is 1.03 bits per heavy atom. The van der Waals surface area contributed by atoms with Gasteiger partial charge in [-0.3, -0.25) is 9.69 Å². The van der Waals surface area contributed by atoms with Gasteiger partial charge < -0.3 is 9.64 Å². The Balaban J connectivity index is 1.82. The number of carbonyl (C=O) groups excluding carboxylic acids is 1. The summed E-state index contributed by atoms with van der Waals surface area (Å²) >= 11 is 0. The number of amidine groups is 1. The minimum Gasteiger partial charge on any atom is -0.420 e. The molecule has 29 heavy (non-hydrogen) atoms. The smallest absolute Gasteiger partial charge is 0.300 e. The van der Waals surface area contributed by atoms with Gasteiger partial charge in [0.25, 0.3) is 5.91 Å². The number of ether oxygens (including phenoxy) is 1. The third kappa shape index (κ3) is 4.67. The van der Waals surface area contributed by atoms with E-state index in [1.807, 2.05) is 56.3 Å². The molecule has 1 heterocycles. The minimum absolute atomic E-state index is 0.0965. The molecule has 0 aromatic heterocycles. The van der Waals surface area contributed by atoms with Crippen LogP contribution in [0.1, 0.15) is 44.9 Å². The van der Waals surface area contributed by atoms with Crippen molar-refractivity contribution < 1.29 is 9.53 Å². The van der Waals surface area contributed by atoms with Crippen molar-refractivity contribution in [3.05, 3.63) is 71.5 Å². The first kappa shape index (κ1) is 20.6. The van der Waals surface area contributed by atoms with E-state index in [1.165, 1.54) is 5.69 Å². The number of nitrogens with zero attached hydrogens (tertiary/aromatic N) is 3. The van der Waals surface area contributed by atoms with Crippen LogP contribution < -0.4 is 4.90 Å². The van der Waals surface area contributed by atoms with Crippen LogP contribution >= 0.6 is 0 Å². The first-order valence-electron chi connectivity index (χ1n) is 10.3. The minimum atomic E-state index is -0.153. The second-order valence-electron chi connectivity index (χ2n) is 6.92. The highest BCUT2D eigenvalue weighted by Gasteiger charge is 2.34. The summed E-state index contributed by atoms with van der Waals surface area (Å²) in [5.74, 6) is 0.154. The molecule has 1 saturated heterocycles. The van der Waals surface area contributed by atoms with E-state index >= 15 is 0 Å². The maximum Gasteiger partial charge on any atom is 0.300 e. The van der Waals surface area contributed by atoms with Gasteiger partial charge in [-0.05, 0) is 57.0 Å². The molecule has 3 rings (SSSR count). The van der Waals surface area contributed by atoms with Crippen LogP contribution in [0.2, 0.25) is 0 Å². The van der Waals surface area contributed by atoms with Crippen LogP contribution in [0.25, 0.3) is 6.08 Å². The third-order valence-electron chi connectivity index (χ3n) is 5.11. The molecule has 1 aliphatic rings.